The molecule has 0 amide bonds. The summed E-state index contributed by atoms with van der Waals surface area (Å²) in [6.45, 7) is 1.37. The lowest BCUT2D eigenvalue weighted by atomic mass is 9.65. The SMILES string of the molecule is Cc1ccnc(C(=O)[C@]23Cc4cnn(-c5ccc(F)cc5)c4C=C2CCN(S(=O)(=O)c2cc(F)c(F)c(F)c2)C3)c1. The van der Waals surface area contributed by atoms with Crippen molar-refractivity contribution in [3.8, 4) is 5.69 Å². The maximum atomic E-state index is 14.2. The Kier molecular flexibility index (Phi) is 6.42. The number of nitrogens with zero attached hydrogens (tertiary/aromatic N) is 4. The van der Waals surface area contributed by atoms with Gasteiger partial charge in [0.1, 0.15) is 11.5 Å². The van der Waals surface area contributed by atoms with Gasteiger partial charge < -0.3 is 0 Å². The molecule has 2 aromatic heterocycles. The van der Waals surface area contributed by atoms with Crippen molar-refractivity contribution in [2.24, 2.45) is 5.41 Å². The maximum Gasteiger partial charge on any atom is 0.243 e. The minimum atomic E-state index is -4.53. The summed E-state index contributed by atoms with van der Waals surface area (Å²) in [5.41, 5.74) is 2.09. The summed E-state index contributed by atoms with van der Waals surface area (Å²) in [5.74, 6) is -5.86. The number of hydrogen-bond donors (Lipinski definition) is 0. The van der Waals surface area contributed by atoms with Crippen LogP contribution in [-0.2, 0) is 16.4 Å². The normalized spacial score (nSPS) is 18.9. The molecule has 0 spiro atoms. The number of aromatic nitrogens is 3. The van der Waals surface area contributed by atoms with Crippen LogP contribution in [0.25, 0.3) is 11.8 Å². The third kappa shape index (κ3) is 4.47. The molecule has 0 saturated carbocycles. The molecule has 4 aromatic rings. The minimum Gasteiger partial charge on any atom is -0.291 e. The van der Waals surface area contributed by atoms with Crippen LogP contribution in [0.4, 0.5) is 17.6 Å². The number of hydrogen-bond acceptors (Lipinski definition) is 5. The second-order valence-electron chi connectivity index (χ2n) is 10.2. The first kappa shape index (κ1) is 27.0. The molecule has 0 unspecified atom stereocenters. The number of benzene rings is 2. The number of halogens is 4. The third-order valence-electron chi connectivity index (χ3n) is 7.63. The van der Waals surface area contributed by atoms with Gasteiger partial charge in [-0.2, -0.15) is 9.40 Å². The molecule has 0 bridgehead atoms. The fourth-order valence-electron chi connectivity index (χ4n) is 5.54. The van der Waals surface area contributed by atoms with Crippen molar-refractivity contribution in [3.05, 3.63) is 112 Å². The summed E-state index contributed by atoms with van der Waals surface area (Å²) in [4.78, 5) is 17.7. The van der Waals surface area contributed by atoms with Crippen LogP contribution in [0.1, 0.15) is 33.7 Å². The van der Waals surface area contributed by atoms with Gasteiger partial charge in [0.05, 0.1) is 27.9 Å². The molecule has 1 fully saturated rings. The monoisotopic (exact) mass is 582 g/mol. The van der Waals surface area contributed by atoms with Crippen molar-refractivity contribution in [2.45, 2.75) is 24.7 Å². The lowest BCUT2D eigenvalue weighted by molar-refractivity contribution is 0.0770. The average Bonchev–Trinajstić information content (AvgIpc) is 3.36. The highest BCUT2D eigenvalue weighted by molar-refractivity contribution is 7.89. The number of rotatable bonds is 5. The van der Waals surface area contributed by atoms with E-state index in [-0.39, 0.29) is 31.6 Å². The molecule has 12 heteroatoms. The number of aryl methyl sites for hydroxylation is 1. The standard InChI is InChI=1S/C29H22F4N4O3S/c1-17-6-8-34-25(10-17)28(38)29-14-18-15-35-37(21-4-2-20(30)3-5-21)26(18)11-19(29)7-9-36(16-29)41(39,40)22-12-23(31)27(33)24(32)13-22/h2-6,8,10-13,15H,7,9,14,16H2,1H3/t29-/m0/s1. The second-order valence-corrected chi connectivity index (χ2v) is 12.1. The molecular weight excluding hydrogens is 560 g/mol. The van der Waals surface area contributed by atoms with E-state index in [1.807, 2.05) is 0 Å². The number of carbonyl (C=O) groups is 1. The molecule has 2 aliphatic rings. The summed E-state index contributed by atoms with van der Waals surface area (Å²) in [6.07, 6.45) is 5.05. The summed E-state index contributed by atoms with van der Waals surface area (Å²) in [7, 11) is -4.53. The van der Waals surface area contributed by atoms with E-state index in [4.69, 9.17) is 0 Å². The first-order valence-electron chi connectivity index (χ1n) is 12.7. The van der Waals surface area contributed by atoms with Gasteiger partial charge in [-0.3, -0.25) is 9.78 Å². The van der Waals surface area contributed by atoms with E-state index in [1.54, 1.807) is 48.1 Å². The smallest absolute Gasteiger partial charge is 0.243 e. The number of Topliss-reactive ketones (excluding diaryl/α,β-unsaturated/α-hetero) is 1. The van der Waals surface area contributed by atoms with Gasteiger partial charge in [-0.25, -0.2) is 30.7 Å². The van der Waals surface area contributed by atoms with Gasteiger partial charge in [0, 0.05) is 19.3 Å². The fourth-order valence-corrected chi connectivity index (χ4v) is 7.07. The number of pyridine rings is 1. The van der Waals surface area contributed by atoms with E-state index in [9.17, 15) is 30.8 Å². The summed E-state index contributed by atoms with van der Waals surface area (Å²) in [5, 5.41) is 4.45. The van der Waals surface area contributed by atoms with Crippen LogP contribution in [0.5, 0.6) is 0 Å². The Balaban J connectivity index is 1.46. The predicted molar refractivity (Wildman–Crippen MR) is 141 cm³/mol. The molecule has 41 heavy (non-hydrogen) atoms. The zero-order valence-corrected chi connectivity index (χ0v) is 22.4. The molecule has 6 rings (SSSR count). The molecule has 210 valence electrons. The van der Waals surface area contributed by atoms with E-state index >= 15 is 0 Å². The molecule has 7 nitrogen and oxygen atoms in total. The molecule has 1 atom stereocenters. The highest BCUT2D eigenvalue weighted by atomic mass is 32.2. The molecule has 1 aliphatic carbocycles. The fraction of sp³-hybridized carbons (Fsp3) is 0.207. The molecule has 2 aromatic carbocycles. The number of piperidine rings is 1. The average molecular weight is 583 g/mol. The van der Waals surface area contributed by atoms with Gasteiger partial charge in [-0.05, 0) is 85.5 Å². The van der Waals surface area contributed by atoms with Crippen LogP contribution in [0, 0.1) is 35.6 Å². The van der Waals surface area contributed by atoms with Crippen molar-refractivity contribution < 1.29 is 30.8 Å². The number of fused-ring (bicyclic) bond motifs is 2. The zero-order valence-electron chi connectivity index (χ0n) is 21.6. The van der Waals surface area contributed by atoms with Crippen LogP contribution in [0.2, 0.25) is 0 Å². The Hall–Kier alpha value is -4.16. The zero-order chi connectivity index (χ0) is 29.1. The van der Waals surface area contributed by atoms with Crippen LogP contribution in [0.15, 0.2) is 71.4 Å². The number of carbonyl (C=O) groups excluding carboxylic acids is 1. The Bertz CT molecular complexity index is 1830. The van der Waals surface area contributed by atoms with Gasteiger partial charge in [0.15, 0.2) is 23.2 Å². The van der Waals surface area contributed by atoms with Crippen LogP contribution in [-0.4, -0.2) is 46.4 Å². The lowest BCUT2D eigenvalue weighted by Gasteiger charge is -2.44. The highest BCUT2D eigenvalue weighted by Gasteiger charge is 2.51. The number of sulfonamides is 1. The topological polar surface area (TPSA) is 85.2 Å². The molecule has 0 radical (unpaired) electrons. The predicted octanol–water partition coefficient (Wildman–Crippen LogP) is 5.04. The Morgan fingerprint density at radius 2 is 1.71 bits per heavy atom. The molecule has 0 N–H and O–H groups in total. The van der Waals surface area contributed by atoms with Crippen LogP contribution in [0.3, 0.4) is 0 Å². The molecule has 1 aliphatic heterocycles. The van der Waals surface area contributed by atoms with Crippen molar-refractivity contribution in [1.82, 2.24) is 19.1 Å². The minimum absolute atomic E-state index is 0.0714. The maximum absolute atomic E-state index is 14.2. The van der Waals surface area contributed by atoms with Crippen LogP contribution < -0.4 is 0 Å². The second kappa shape index (κ2) is 9.74. The van der Waals surface area contributed by atoms with E-state index in [2.05, 4.69) is 10.1 Å². The van der Waals surface area contributed by atoms with Gasteiger partial charge >= 0.3 is 0 Å². The van der Waals surface area contributed by atoms with Crippen molar-refractivity contribution in [3.63, 3.8) is 0 Å². The van der Waals surface area contributed by atoms with Crippen molar-refractivity contribution in [2.75, 3.05) is 13.1 Å². The van der Waals surface area contributed by atoms with Gasteiger partial charge in [-0.1, -0.05) is 5.57 Å². The molecule has 3 heterocycles. The molecular formula is C29H22F4N4O3S. The van der Waals surface area contributed by atoms with E-state index in [0.29, 0.717) is 34.7 Å². The van der Waals surface area contributed by atoms with Gasteiger partial charge in [0.25, 0.3) is 0 Å². The largest absolute Gasteiger partial charge is 0.291 e. The quantitative estimate of drug-likeness (QED) is 0.187. The Morgan fingerprint density at radius 3 is 2.39 bits per heavy atom. The Morgan fingerprint density at radius 1 is 1.00 bits per heavy atom. The summed E-state index contributed by atoms with van der Waals surface area (Å²) in [6, 6.07) is 9.96. The van der Waals surface area contributed by atoms with E-state index in [1.165, 1.54) is 18.3 Å². The van der Waals surface area contributed by atoms with Crippen molar-refractivity contribution in [1.29, 1.82) is 0 Å². The lowest BCUT2D eigenvalue weighted by Crippen LogP contribution is -2.53. The Labute approximate surface area is 232 Å². The summed E-state index contributed by atoms with van der Waals surface area (Å²) >= 11 is 0. The van der Waals surface area contributed by atoms with Gasteiger partial charge in [0.2, 0.25) is 10.0 Å². The first-order chi connectivity index (χ1) is 19.5. The summed E-state index contributed by atoms with van der Waals surface area (Å²) < 4.78 is 84.9. The first-order valence-corrected chi connectivity index (χ1v) is 14.1. The van der Waals surface area contributed by atoms with Crippen LogP contribution >= 0.6 is 0 Å². The van der Waals surface area contributed by atoms with Gasteiger partial charge in [-0.15, -0.1) is 0 Å². The number of ketones is 1. The van der Waals surface area contributed by atoms with E-state index in [0.717, 1.165) is 9.87 Å². The van der Waals surface area contributed by atoms with E-state index < -0.39 is 49.4 Å². The molecule has 1 saturated heterocycles. The third-order valence-corrected chi connectivity index (χ3v) is 9.45. The highest BCUT2D eigenvalue weighted by Crippen LogP contribution is 2.47. The van der Waals surface area contributed by atoms with Crippen molar-refractivity contribution >= 4 is 21.9 Å².